The highest BCUT2D eigenvalue weighted by Crippen LogP contribution is 2.31. The summed E-state index contributed by atoms with van der Waals surface area (Å²) in [6.45, 7) is 5.21. The number of ether oxygens (including phenoxy) is 2. The van der Waals surface area contributed by atoms with E-state index < -0.39 is 23.6 Å². The van der Waals surface area contributed by atoms with Crippen LogP contribution in [0.4, 0.5) is 4.39 Å². The van der Waals surface area contributed by atoms with Gasteiger partial charge in [0, 0.05) is 6.42 Å². The van der Waals surface area contributed by atoms with Crippen LogP contribution in [-0.4, -0.2) is 36.8 Å². The lowest BCUT2D eigenvalue weighted by Crippen LogP contribution is -2.38. The van der Waals surface area contributed by atoms with Gasteiger partial charge >= 0.3 is 5.97 Å². The standard InChI is InChI=1S/C11H16ClFO3/c1-6-4-10(8(12)5-9(6)13)16-7(2)11(14)15-3/h7-10H,1,4-5H2,2-3H3. The Morgan fingerprint density at radius 2 is 2.31 bits per heavy atom. The van der Waals surface area contributed by atoms with E-state index in [1.54, 1.807) is 6.92 Å². The van der Waals surface area contributed by atoms with E-state index in [2.05, 4.69) is 11.3 Å². The molecule has 5 heteroatoms. The summed E-state index contributed by atoms with van der Waals surface area (Å²) in [5.41, 5.74) is 0.471. The summed E-state index contributed by atoms with van der Waals surface area (Å²) in [7, 11) is 1.29. The van der Waals surface area contributed by atoms with Crippen molar-refractivity contribution >= 4 is 17.6 Å². The largest absolute Gasteiger partial charge is 0.467 e. The number of esters is 1. The first kappa shape index (κ1) is 13.5. The first-order valence-corrected chi connectivity index (χ1v) is 5.58. The molecule has 0 aromatic rings. The van der Waals surface area contributed by atoms with E-state index in [0.717, 1.165) is 0 Å². The number of hydrogen-bond donors (Lipinski definition) is 0. The Balaban J connectivity index is 2.54. The van der Waals surface area contributed by atoms with Crippen LogP contribution in [0.25, 0.3) is 0 Å². The van der Waals surface area contributed by atoms with Crippen molar-refractivity contribution in [2.24, 2.45) is 0 Å². The second-order valence-corrected chi connectivity index (χ2v) is 4.48. The maximum absolute atomic E-state index is 13.2. The smallest absolute Gasteiger partial charge is 0.334 e. The van der Waals surface area contributed by atoms with Gasteiger partial charge in [-0.3, -0.25) is 0 Å². The molecule has 4 unspecified atom stereocenters. The molecule has 1 fully saturated rings. The predicted octanol–water partition coefficient (Wildman–Crippen LogP) is 2.23. The number of rotatable bonds is 3. The monoisotopic (exact) mass is 250 g/mol. The second-order valence-electron chi connectivity index (χ2n) is 3.92. The number of halogens is 2. The van der Waals surface area contributed by atoms with E-state index >= 15 is 0 Å². The van der Waals surface area contributed by atoms with Crippen LogP contribution >= 0.6 is 11.6 Å². The van der Waals surface area contributed by atoms with Crippen molar-refractivity contribution in [1.82, 2.24) is 0 Å². The van der Waals surface area contributed by atoms with Gasteiger partial charge in [0.1, 0.15) is 6.17 Å². The molecule has 0 amide bonds. The van der Waals surface area contributed by atoms with Gasteiger partial charge in [0.15, 0.2) is 6.10 Å². The van der Waals surface area contributed by atoms with Crippen molar-refractivity contribution in [3.05, 3.63) is 12.2 Å². The highest BCUT2D eigenvalue weighted by Gasteiger charge is 2.34. The minimum atomic E-state index is -1.07. The Hall–Kier alpha value is -0.610. The number of alkyl halides is 2. The topological polar surface area (TPSA) is 35.5 Å². The zero-order valence-corrected chi connectivity index (χ0v) is 10.2. The summed E-state index contributed by atoms with van der Waals surface area (Å²) in [6.07, 6.45) is -1.62. The van der Waals surface area contributed by atoms with Crippen LogP contribution in [-0.2, 0) is 14.3 Å². The fourth-order valence-electron chi connectivity index (χ4n) is 1.65. The van der Waals surface area contributed by atoms with Gasteiger partial charge in [0.05, 0.1) is 18.6 Å². The molecule has 0 saturated heterocycles. The summed E-state index contributed by atoms with van der Waals surface area (Å²) in [6, 6.07) is 0. The molecule has 16 heavy (non-hydrogen) atoms. The van der Waals surface area contributed by atoms with Crippen LogP contribution in [0, 0.1) is 0 Å². The van der Waals surface area contributed by atoms with E-state index in [-0.39, 0.29) is 12.5 Å². The Labute approximate surface area is 99.6 Å². The molecule has 0 N–H and O–H groups in total. The Kier molecular flexibility index (Phi) is 4.74. The minimum Gasteiger partial charge on any atom is -0.467 e. The molecule has 0 radical (unpaired) electrons. The van der Waals surface area contributed by atoms with Crippen LogP contribution in [0.2, 0.25) is 0 Å². The van der Waals surface area contributed by atoms with Crippen LogP contribution in [0.3, 0.4) is 0 Å². The molecule has 1 rings (SSSR count). The third kappa shape index (κ3) is 3.19. The van der Waals surface area contributed by atoms with E-state index in [1.165, 1.54) is 7.11 Å². The normalized spacial score (nSPS) is 32.2. The lowest BCUT2D eigenvalue weighted by atomic mass is 9.91. The Morgan fingerprint density at radius 1 is 1.69 bits per heavy atom. The first-order chi connectivity index (χ1) is 7.45. The highest BCUT2D eigenvalue weighted by molar-refractivity contribution is 6.21. The summed E-state index contributed by atoms with van der Waals surface area (Å²) in [5, 5.41) is -0.437. The molecule has 0 aliphatic heterocycles. The second kappa shape index (κ2) is 5.64. The molecule has 92 valence electrons. The zero-order valence-electron chi connectivity index (χ0n) is 9.41. The van der Waals surface area contributed by atoms with E-state index in [9.17, 15) is 9.18 Å². The molecule has 4 atom stereocenters. The van der Waals surface area contributed by atoms with Crippen molar-refractivity contribution in [3.8, 4) is 0 Å². The van der Waals surface area contributed by atoms with Crippen molar-refractivity contribution in [1.29, 1.82) is 0 Å². The third-order valence-corrected chi connectivity index (χ3v) is 3.11. The van der Waals surface area contributed by atoms with E-state index in [0.29, 0.717) is 12.0 Å². The average Bonchev–Trinajstić information content (AvgIpc) is 2.24. The lowest BCUT2D eigenvalue weighted by molar-refractivity contribution is -0.157. The quantitative estimate of drug-likeness (QED) is 0.438. The Bertz CT molecular complexity index is 282. The number of hydrogen-bond acceptors (Lipinski definition) is 3. The van der Waals surface area contributed by atoms with Gasteiger partial charge in [-0.05, 0) is 18.9 Å². The molecule has 3 nitrogen and oxygen atoms in total. The maximum Gasteiger partial charge on any atom is 0.334 e. The number of methoxy groups -OCH3 is 1. The minimum absolute atomic E-state index is 0.180. The number of carbonyl (C=O) groups excluding carboxylic acids is 1. The van der Waals surface area contributed by atoms with Crippen molar-refractivity contribution < 1.29 is 18.7 Å². The molecular formula is C11H16ClFO3. The molecule has 0 aromatic heterocycles. The van der Waals surface area contributed by atoms with Crippen molar-refractivity contribution in [3.63, 3.8) is 0 Å². The van der Waals surface area contributed by atoms with Crippen LogP contribution in [0.15, 0.2) is 12.2 Å². The summed E-state index contributed by atoms with van der Waals surface area (Å²) >= 11 is 5.98. The third-order valence-electron chi connectivity index (χ3n) is 2.65. The van der Waals surface area contributed by atoms with Crippen molar-refractivity contribution in [2.75, 3.05) is 7.11 Å². The molecule has 0 aromatic carbocycles. The Morgan fingerprint density at radius 3 is 2.88 bits per heavy atom. The predicted molar refractivity (Wildman–Crippen MR) is 59.3 cm³/mol. The lowest BCUT2D eigenvalue weighted by Gasteiger charge is -2.32. The first-order valence-electron chi connectivity index (χ1n) is 5.14. The van der Waals surface area contributed by atoms with Gasteiger partial charge in [-0.25, -0.2) is 9.18 Å². The van der Waals surface area contributed by atoms with Gasteiger partial charge in [0.25, 0.3) is 0 Å². The molecule has 0 bridgehead atoms. The summed E-state index contributed by atoms with van der Waals surface area (Å²) in [4.78, 5) is 11.2. The van der Waals surface area contributed by atoms with Crippen LogP contribution < -0.4 is 0 Å². The summed E-state index contributed by atoms with van der Waals surface area (Å²) in [5.74, 6) is -0.461. The van der Waals surface area contributed by atoms with Crippen molar-refractivity contribution in [2.45, 2.75) is 43.5 Å². The summed E-state index contributed by atoms with van der Waals surface area (Å²) < 4.78 is 23.2. The number of carbonyl (C=O) groups is 1. The molecule has 1 saturated carbocycles. The average molecular weight is 251 g/mol. The van der Waals surface area contributed by atoms with Crippen LogP contribution in [0.5, 0.6) is 0 Å². The molecule has 1 aliphatic carbocycles. The van der Waals surface area contributed by atoms with Gasteiger partial charge in [-0.15, -0.1) is 11.6 Å². The van der Waals surface area contributed by atoms with Gasteiger partial charge in [-0.1, -0.05) is 6.58 Å². The molecule has 0 spiro atoms. The SMILES string of the molecule is C=C1CC(OC(C)C(=O)OC)C(Cl)CC1F. The maximum atomic E-state index is 13.2. The van der Waals surface area contributed by atoms with E-state index in [4.69, 9.17) is 16.3 Å². The zero-order chi connectivity index (χ0) is 12.3. The van der Waals surface area contributed by atoms with Gasteiger partial charge in [-0.2, -0.15) is 0 Å². The molecular weight excluding hydrogens is 235 g/mol. The van der Waals surface area contributed by atoms with E-state index in [1.807, 2.05) is 0 Å². The molecule has 0 heterocycles. The fourth-order valence-corrected chi connectivity index (χ4v) is 1.95. The highest BCUT2D eigenvalue weighted by atomic mass is 35.5. The van der Waals surface area contributed by atoms with Crippen LogP contribution in [0.1, 0.15) is 19.8 Å². The molecule has 1 aliphatic rings. The fraction of sp³-hybridized carbons (Fsp3) is 0.727. The van der Waals surface area contributed by atoms with Gasteiger partial charge < -0.3 is 9.47 Å². The van der Waals surface area contributed by atoms with Gasteiger partial charge in [0.2, 0.25) is 0 Å².